The van der Waals surface area contributed by atoms with E-state index >= 15 is 0 Å². The van der Waals surface area contributed by atoms with Gasteiger partial charge in [0.2, 0.25) is 0 Å². The molecule has 3 heterocycles. The summed E-state index contributed by atoms with van der Waals surface area (Å²) in [5.74, 6) is 0.0198. The van der Waals surface area contributed by atoms with Crippen molar-refractivity contribution in [3.63, 3.8) is 0 Å². The molecule has 0 bridgehead atoms. The van der Waals surface area contributed by atoms with E-state index in [1.807, 2.05) is 30.3 Å². The first-order valence-electron chi connectivity index (χ1n) is 8.78. The number of esters is 1. The van der Waals surface area contributed by atoms with Crippen LogP contribution in [-0.4, -0.2) is 27.5 Å². The van der Waals surface area contributed by atoms with Gasteiger partial charge in [-0.15, -0.1) is 11.3 Å². The quantitative estimate of drug-likeness (QED) is 0.524. The van der Waals surface area contributed by atoms with Gasteiger partial charge in [0.1, 0.15) is 15.5 Å². The molecule has 0 aliphatic carbocycles. The Morgan fingerprint density at radius 2 is 1.89 bits per heavy atom. The molecule has 0 fully saturated rings. The maximum Gasteiger partial charge on any atom is 0.348 e. The number of ether oxygens (including phenoxy) is 1. The second kappa shape index (κ2) is 7.74. The van der Waals surface area contributed by atoms with Crippen molar-refractivity contribution >= 4 is 27.5 Å². The van der Waals surface area contributed by atoms with E-state index in [2.05, 4.69) is 15.0 Å². The Morgan fingerprint density at radius 3 is 2.64 bits per heavy atom. The monoisotopic (exact) mass is 391 g/mol. The molecular weight excluding hydrogens is 374 g/mol. The number of hydrogen-bond acceptors (Lipinski definition) is 6. The van der Waals surface area contributed by atoms with Crippen LogP contribution in [0.15, 0.2) is 59.7 Å². The number of nitrogens with zero attached hydrogens (tertiary/aromatic N) is 2. The summed E-state index contributed by atoms with van der Waals surface area (Å²) in [5, 5.41) is 0.429. The molecule has 1 N–H and O–H groups in total. The number of aromatic nitrogens is 3. The predicted molar refractivity (Wildman–Crippen MR) is 109 cm³/mol. The summed E-state index contributed by atoms with van der Waals surface area (Å²) in [7, 11) is 0. The van der Waals surface area contributed by atoms with E-state index in [1.54, 1.807) is 31.5 Å². The van der Waals surface area contributed by atoms with Crippen LogP contribution in [0.1, 0.15) is 20.8 Å². The molecule has 0 saturated heterocycles. The molecule has 0 amide bonds. The van der Waals surface area contributed by atoms with Crippen LogP contribution in [0.2, 0.25) is 0 Å². The minimum Gasteiger partial charge on any atom is -0.461 e. The highest BCUT2D eigenvalue weighted by Crippen LogP contribution is 2.29. The number of rotatable bonds is 5. The van der Waals surface area contributed by atoms with Gasteiger partial charge in [0.25, 0.3) is 5.56 Å². The Bertz CT molecular complexity index is 1180. The van der Waals surface area contributed by atoms with Gasteiger partial charge in [-0.2, -0.15) is 0 Å². The topological polar surface area (TPSA) is 84.9 Å². The highest BCUT2D eigenvalue weighted by Gasteiger charge is 2.20. The van der Waals surface area contributed by atoms with Gasteiger partial charge in [0.05, 0.1) is 12.0 Å². The minimum atomic E-state index is -0.429. The molecule has 4 aromatic rings. The second-order valence-electron chi connectivity index (χ2n) is 6.26. The van der Waals surface area contributed by atoms with Crippen molar-refractivity contribution in [3.8, 4) is 11.4 Å². The summed E-state index contributed by atoms with van der Waals surface area (Å²) >= 11 is 1.18. The molecule has 3 aromatic heterocycles. The van der Waals surface area contributed by atoms with E-state index < -0.39 is 5.97 Å². The molecule has 7 heteroatoms. The SMILES string of the molecule is Cc1c(C(=O)OCCc2ccccc2)sc2nc(-c3ccncc3)[nH]c(=O)c12. The van der Waals surface area contributed by atoms with Crippen molar-refractivity contribution < 1.29 is 9.53 Å². The van der Waals surface area contributed by atoms with Crippen molar-refractivity contribution in [2.75, 3.05) is 6.61 Å². The van der Waals surface area contributed by atoms with Crippen LogP contribution in [0.5, 0.6) is 0 Å². The predicted octanol–water partition coefficient (Wildman–Crippen LogP) is 3.75. The minimum absolute atomic E-state index is 0.270. The van der Waals surface area contributed by atoms with Gasteiger partial charge >= 0.3 is 5.97 Å². The fraction of sp³-hybridized carbons (Fsp3) is 0.143. The Kier molecular flexibility index (Phi) is 4.99. The average molecular weight is 391 g/mol. The summed E-state index contributed by atoms with van der Waals surface area (Å²) in [6.45, 7) is 2.03. The number of pyridine rings is 1. The van der Waals surface area contributed by atoms with Crippen LogP contribution in [0.3, 0.4) is 0 Å². The third kappa shape index (κ3) is 3.57. The Morgan fingerprint density at radius 1 is 1.14 bits per heavy atom. The van der Waals surface area contributed by atoms with Gasteiger partial charge < -0.3 is 9.72 Å². The summed E-state index contributed by atoms with van der Waals surface area (Å²) in [5.41, 5.74) is 2.18. The first-order chi connectivity index (χ1) is 13.6. The van der Waals surface area contributed by atoms with E-state index in [0.29, 0.717) is 32.9 Å². The number of hydrogen-bond donors (Lipinski definition) is 1. The standard InChI is InChI=1S/C21H17N3O3S/c1-13-16-19(25)23-18(15-7-10-22-11-8-15)24-20(16)28-17(13)21(26)27-12-9-14-5-3-2-4-6-14/h2-8,10-11H,9,12H2,1H3,(H,23,24,25). The molecular formula is C21H17N3O3S. The van der Waals surface area contributed by atoms with Crippen LogP contribution in [0, 0.1) is 6.92 Å². The lowest BCUT2D eigenvalue weighted by atomic mass is 10.2. The normalized spacial score (nSPS) is 10.9. The number of aryl methyl sites for hydroxylation is 1. The third-order valence-electron chi connectivity index (χ3n) is 4.41. The van der Waals surface area contributed by atoms with Crippen molar-refractivity contribution in [1.29, 1.82) is 0 Å². The van der Waals surface area contributed by atoms with Crippen molar-refractivity contribution in [2.24, 2.45) is 0 Å². The fourth-order valence-corrected chi connectivity index (χ4v) is 4.03. The van der Waals surface area contributed by atoms with Crippen LogP contribution < -0.4 is 5.56 Å². The Labute approximate surface area is 164 Å². The van der Waals surface area contributed by atoms with Gasteiger partial charge in [0.15, 0.2) is 0 Å². The molecule has 0 unspecified atom stereocenters. The van der Waals surface area contributed by atoms with E-state index in [-0.39, 0.29) is 12.2 Å². The van der Waals surface area contributed by atoms with E-state index in [9.17, 15) is 9.59 Å². The molecule has 0 spiro atoms. The van der Waals surface area contributed by atoms with Gasteiger partial charge in [-0.25, -0.2) is 9.78 Å². The van der Waals surface area contributed by atoms with E-state index in [4.69, 9.17) is 4.74 Å². The molecule has 0 aliphatic heterocycles. The Balaban J connectivity index is 1.59. The van der Waals surface area contributed by atoms with Crippen LogP contribution in [-0.2, 0) is 11.2 Å². The first kappa shape index (κ1) is 18.1. The molecule has 0 atom stereocenters. The fourth-order valence-electron chi connectivity index (χ4n) is 2.96. The zero-order chi connectivity index (χ0) is 19.5. The number of aromatic amines is 1. The van der Waals surface area contributed by atoms with Crippen molar-refractivity contribution in [1.82, 2.24) is 15.0 Å². The smallest absolute Gasteiger partial charge is 0.348 e. The van der Waals surface area contributed by atoms with Crippen LogP contribution >= 0.6 is 11.3 Å². The maximum atomic E-state index is 12.6. The summed E-state index contributed by atoms with van der Waals surface area (Å²) in [6.07, 6.45) is 3.91. The van der Waals surface area contributed by atoms with Crippen LogP contribution in [0.4, 0.5) is 0 Å². The molecule has 140 valence electrons. The molecule has 6 nitrogen and oxygen atoms in total. The highest BCUT2D eigenvalue weighted by molar-refractivity contribution is 7.20. The number of benzene rings is 1. The molecule has 1 aromatic carbocycles. The van der Waals surface area contributed by atoms with E-state index in [1.165, 1.54) is 11.3 Å². The molecule has 0 radical (unpaired) electrons. The number of thiophene rings is 1. The number of H-pyrrole nitrogens is 1. The van der Waals surface area contributed by atoms with Crippen molar-refractivity contribution in [2.45, 2.75) is 13.3 Å². The highest BCUT2D eigenvalue weighted by atomic mass is 32.1. The van der Waals surface area contributed by atoms with Crippen molar-refractivity contribution in [3.05, 3.63) is 81.2 Å². The summed E-state index contributed by atoms with van der Waals surface area (Å²) < 4.78 is 5.42. The lowest BCUT2D eigenvalue weighted by Gasteiger charge is -2.04. The summed E-state index contributed by atoms with van der Waals surface area (Å²) in [6, 6.07) is 13.4. The van der Waals surface area contributed by atoms with Crippen LogP contribution in [0.25, 0.3) is 21.6 Å². The Hall–Kier alpha value is -3.32. The average Bonchev–Trinajstić information content (AvgIpc) is 3.06. The second-order valence-corrected chi connectivity index (χ2v) is 7.26. The first-order valence-corrected chi connectivity index (χ1v) is 9.60. The zero-order valence-electron chi connectivity index (χ0n) is 15.1. The number of fused-ring (bicyclic) bond motifs is 1. The van der Waals surface area contributed by atoms with Gasteiger partial charge in [-0.3, -0.25) is 9.78 Å². The van der Waals surface area contributed by atoms with Gasteiger partial charge in [-0.05, 0) is 30.2 Å². The molecule has 0 saturated carbocycles. The van der Waals surface area contributed by atoms with Gasteiger partial charge in [0, 0.05) is 24.4 Å². The third-order valence-corrected chi connectivity index (χ3v) is 5.57. The number of nitrogens with one attached hydrogen (secondary N) is 1. The van der Waals surface area contributed by atoms with E-state index in [0.717, 1.165) is 11.1 Å². The molecule has 4 rings (SSSR count). The lowest BCUT2D eigenvalue weighted by molar-refractivity contribution is 0.0514. The molecule has 0 aliphatic rings. The lowest BCUT2D eigenvalue weighted by Crippen LogP contribution is -2.10. The number of carbonyl (C=O) groups excluding carboxylic acids is 1. The molecule has 28 heavy (non-hydrogen) atoms. The maximum absolute atomic E-state index is 12.6. The summed E-state index contributed by atoms with van der Waals surface area (Å²) in [4.78, 5) is 37.3. The number of carbonyl (C=O) groups is 1. The van der Waals surface area contributed by atoms with Gasteiger partial charge in [-0.1, -0.05) is 30.3 Å². The zero-order valence-corrected chi connectivity index (χ0v) is 16.0. The largest absolute Gasteiger partial charge is 0.461 e.